The van der Waals surface area contributed by atoms with Crippen LogP contribution in [0.1, 0.15) is 38.7 Å². The number of likely N-dealkylation sites (tertiary alicyclic amines) is 1. The van der Waals surface area contributed by atoms with Crippen LogP contribution in [-0.4, -0.2) is 36.3 Å². The van der Waals surface area contributed by atoms with E-state index >= 15 is 0 Å². The van der Waals surface area contributed by atoms with Gasteiger partial charge in [-0.15, -0.1) is 0 Å². The highest BCUT2D eigenvalue weighted by molar-refractivity contribution is 5.86. The molecule has 1 atom stereocenters. The Labute approximate surface area is 172 Å². The molecular formula is C24H29FN2O2. The molecule has 0 aliphatic carbocycles. The van der Waals surface area contributed by atoms with E-state index in [0.717, 1.165) is 17.5 Å². The Morgan fingerprint density at radius 2 is 1.76 bits per heavy atom. The van der Waals surface area contributed by atoms with E-state index in [1.54, 1.807) is 12.1 Å². The van der Waals surface area contributed by atoms with Gasteiger partial charge in [-0.05, 0) is 43.4 Å². The van der Waals surface area contributed by atoms with Gasteiger partial charge < -0.3 is 10.2 Å². The maximum absolute atomic E-state index is 14.5. The van der Waals surface area contributed by atoms with Gasteiger partial charge in [0, 0.05) is 31.6 Å². The molecule has 0 bridgehead atoms. The van der Waals surface area contributed by atoms with Crippen LogP contribution in [0.25, 0.3) is 11.1 Å². The van der Waals surface area contributed by atoms with Gasteiger partial charge in [-0.3, -0.25) is 9.59 Å². The van der Waals surface area contributed by atoms with E-state index in [0.29, 0.717) is 44.5 Å². The van der Waals surface area contributed by atoms with Crippen LogP contribution >= 0.6 is 0 Å². The summed E-state index contributed by atoms with van der Waals surface area (Å²) in [6.45, 7) is 5.41. The number of rotatable bonds is 7. The number of nitrogens with zero attached hydrogens (tertiary/aromatic N) is 1. The average molecular weight is 397 g/mol. The smallest absolute Gasteiger partial charge is 0.228 e. The van der Waals surface area contributed by atoms with Crippen molar-refractivity contribution >= 4 is 11.8 Å². The minimum absolute atomic E-state index is 0.0323. The van der Waals surface area contributed by atoms with E-state index in [1.165, 1.54) is 6.07 Å². The van der Waals surface area contributed by atoms with Crippen molar-refractivity contribution in [2.45, 2.75) is 39.5 Å². The molecule has 0 saturated carbocycles. The van der Waals surface area contributed by atoms with Crippen molar-refractivity contribution in [2.24, 2.45) is 5.41 Å². The summed E-state index contributed by atoms with van der Waals surface area (Å²) in [6.07, 6.45) is 2.37. The van der Waals surface area contributed by atoms with Crippen LogP contribution in [0.2, 0.25) is 0 Å². The summed E-state index contributed by atoms with van der Waals surface area (Å²) in [7, 11) is 0. The molecular weight excluding hydrogens is 367 g/mol. The number of benzene rings is 2. The van der Waals surface area contributed by atoms with Gasteiger partial charge in [0.15, 0.2) is 0 Å². The van der Waals surface area contributed by atoms with Gasteiger partial charge in [0.1, 0.15) is 5.82 Å². The molecule has 29 heavy (non-hydrogen) atoms. The van der Waals surface area contributed by atoms with Crippen LogP contribution < -0.4 is 5.32 Å². The van der Waals surface area contributed by atoms with Crippen molar-refractivity contribution in [1.29, 1.82) is 0 Å². The first-order valence-corrected chi connectivity index (χ1v) is 10.4. The first-order valence-electron chi connectivity index (χ1n) is 10.4. The minimum atomic E-state index is -0.694. The van der Waals surface area contributed by atoms with Gasteiger partial charge >= 0.3 is 0 Å². The lowest BCUT2D eigenvalue weighted by atomic mass is 9.78. The number of halogens is 1. The number of amides is 2. The molecule has 4 nitrogen and oxygen atoms in total. The number of carbonyl (C=O) groups excluding carboxylic acids is 2. The Hall–Kier alpha value is -2.69. The van der Waals surface area contributed by atoms with Crippen molar-refractivity contribution in [3.63, 3.8) is 0 Å². The van der Waals surface area contributed by atoms with Gasteiger partial charge in [-0.25, -0.2) is 4.39 Å². The molecule has 0 aromatic heterocycles. The quantitative estimate of drug-likeness (QED) is 0.763. The van der Waals surface area contributed by atoms with Crippen molar-refractivity contribution in [3.05, 3.63) is 59.9 Å². The molecule has 1 fully saturated rings. The van der Waals surface area contributed by atoms with Crippen molar-refractivity contribution in [3.8, 4) is 11.1 Å². The molecule has 154 valence electrons. The van der Waals surface area contributed by atoms with Crippen molar-refractivity contribution in [1.82, 2.24) is 10.2 Å². The number of hydrogen-bond acceptors (Lipinski definition) is 2. The SMILES string of the molecule is CCCC(=O)N1CC[C@@](Cc2ccccc2-c2ccccc2F)(C(=O)NCC)C1. The number of nitrogens with one attached hydrogen (secondary N) is 1. The lowest BCUT2D eigenvalue weighted by molar-refractivity contribution is -0.133. The van der Waals surface area contributed by atoms with Gasteiger partial charge in [0.2, 0.25) is 11.8 Å². The molecule has 2 aromatic rings. The molecule has 0 spiro atoms. The van der Waals surface area contributed by atoms with E-state index in [2.05, 4.69) is 5.32 Å². The Morgan fingerprint density at radius 1 is 1.07 bits per heavy atom. The molecule has 2 aromatic carbocycles. The van der Waals surface area contributed by atoms with Crippen molar-refractivity contribution < 1.29 is 14.0 Å². The van der Waals surface area contributed by atoms with E-state index in [-0.39, 0.29) is 17.6 Å². The fraction of sp³-hybridized carbons (Fsp3) is 0.417. The van der Waals surface area contributed by atoms with Crippen LogP contribution in [0.5, 0.6) is 0 Å². The molecule has 0 unspecified atom stereocenters. The normalized spacial score (nSPS) is 18.7. The molecule has 1 N–H and O–H groups in total. The van der Waals surface area contributed by atoms with Gasteiger partial charge in [-0.1, -0.05) is 49.4 Å². The van der Waals surface area contributed by atoms with Gasteiger partial charge in [0.25, 0.3) is 0 Å². The summed E-state index contributed by atoms with van der Waals surface area (Å²) in [4.78, 5) is 27.3. The molecule has 1 aliphatic rings. The monoisotopic (exact) mass is 396 g/mol. The second-order valence-corrected chi connectivity index (χ2v) is 7.77. The van der Waals surface area contributed by atoms with Gasteiger partial charge in [-0.2, -0.15) is 0 Å². The Kier molecular flexibility index (Phi) is 6.68. The second kappa shape index (κ2) is 9.21. The largest absolute Gasteiger partial charge is 0.356 e. The predicted octanol–water partition coefficient (Wildman–Crippen LogP) is 4.19. The summed E-state index contributed by atoms with van der Waals surface area (Å²) in [5.41, 5.74) is 1.56. The fourth-order valence-corrected chi connectivity index (χ4v) is 4.20. The molecule has 1 aliphatic heterocycles. The standard InChI is InChI=1S/C24H29FN2O2/c1-3-9-22(28)27-15-14-24(17-27,23(29)26-4-2)16-18-10-5-6-11-19(18)20-12-7-8-13-21(20)25/h5-8,10-13H,3-4,9,14-17H2,1-2H3,(H,26,29)/t24-/m0/s1. The Balaban J connectivity index is 1.96. The Bertz CT molecular complexity index is 883. The van der Waals surface area contributed by atoms with Gasteiger partial charge in [0.05, 0.1) is 5.41 Å². The topological polar surface area (TPSA) is 49.4 Å². The summed E-state index contributed by atoms with van der Waals surface area (Å²) < 4.78 is 14.5. The molecule has 0 radical (unpaired) electrons. The third-order valence-corrected chi connectivity index (χ3v) is 5.70. The first kappa shape index (κ1) is 21.0. The third kappa shape index (κ3) is 4.50. The molecule has 3 rings (SSSR count). The van der Waals surface area contributed by atoms with E-state index in [1.807, 2.05) is 49.1 Å². The highest BCUT2D eigenvalue weighted by atomic mass is 19.1. The van der Waals surface area contributed by atoms with E-state index in [9.17, 15) is 14.0 Å². The number of hydrogen-bond donors (Lipinski definition) is 1. The van der Waals surface area contributed by atoms with E-state index < -0.39 is 5.41 Å². The number of carbonyl (C=O) groups is 2. The minimum Gasteiger partial charge on any atom is -0.356 e. The summed E-state index contributed by atoms with van der Waals surface area (Å²) in [6, 6.07) is 14.4. The molecule has 2 amide bonds. The maximum atomic E-state index is 14.5. The lowest BCUT2D eigenvalue weighted by Crippen LogP contribution is -2.45. The predicted molar refractivity (Wildman–Crippen MR) is 113 cm³/mol. The highest BCUT2D eigenvalue weighted by Crippen LogP contribution is 2.38. The maximum Gasteiger partial charge on any atom is 0.228 e. The van der Waals surface area contributed by atoms with Crippen LogP contribution in [0.15, 0.2) is 48.5 Å². The first-order chi connectivity index (χ1) is 14.0. The lowest BCUT2D eigenvalue weighted by Gasteiger charge is -2.29. The summed E-state index contributed by atoms with van der Waals surface area (Å²) in [5, 5.41) is 2.96. The molecule has 1 heterocycles. The van der Waals surface area contributed by atoms with Crippen LogP contribution in [0.4, 0.5) is 4.39 Å². The third-order valence-electron chi connectivity index (χ3n) is 5.70. The molecule has 5 heteroatoms. The van der Waals surface area contributed by atoms with E-state index in [4.69, 9.17) is 0 Å². The Morgan fingerprint density at radius 3 is 2.45 bits per heavy atom. The second-order valence-electron chi connectivity index (χ2n) is 7.77. The zero-order valence-electron chi connectivity index (χ0n) is 17.2. The van der Waals surface area contributed by atoms with Crippen molar-refractivity contribution in [2.75, 3.05) is 19.6 Å². The summed E-state index contributed by atoms with van der Waals surface area (Å²) >= 11 is 0. The average Bonchev–Trinajstić information content (AvgIpc) is 3.15. The van der Waals surface area contributed by atoms with Crippen LogP contribution in [0.3, 0.4) is 0 Å². The zero-order chi connectivity index (χ0) is 20.9. The molecule has 1 saturated heterocycles. The summed E-state index contributed by atoms with van der Waals surface area (Å²) in [5.74, 6) is -0.214. The zero-order valence-corrected chi connectivity index (χ0v) is 17.2. The van der Waals surface area contributed by atoms with Crippen LogP contribution in [-0.2, 0) is 16.0 Å². The highest BCUT2D eigenvalue weighted by Gasteiger charge is 2.45. The van der Waals surface area contributed by atoms with Crippen LogP contribution in [0, 0.1) is 11.2 Å². The fourth-order valence-electron chi connectivity index (χ4n) is 4.20.